The first-order chi connectivity index (χ1) is 43.5. The first kappa shape index (κ1) is 86.9. The largest absolute Gasteiger partial charge is 0.466 e. The molecule has 6 heteroatoms. The SMILES string of the molecule is CCCCCCCCCCCCCCCCCCCCCCCCCCC(O)C(CO)NC(=O)CCCCCCCCCCCCCCCCCCCCCCCCCCCCCCCCCCCOC(=O)CCCCCCCCCCCCCCCC. The van der Waals surface area contributed by atoms with Crippen molar-refractivity contribution in [3.05, 3.63) is 0 Å². The van der Waals surface area contributed by atoms with Gasteiger partial charge in [-0.3, -0.25) is 9.59 Å². The van der Waals surface area contributed by atoms with Crippen LogP contribution in [0.25, 0.3) is 0 Å². The molecule has 0 radical (unpaired) electrons. The van der Waals surface area contributed by atoms with E-state index in [0.717, 1.165) is 38.5 Å². The van der Waals surface area contributed by atoms with Crippen molar-refractivity contribution in [3.63, 3.8) is 0 Å². The Bertz CT molecular complexity index is 1290. The van der Waals surface area contributed by atoms with Gasteiger partial charge in [0.15, 0.2) is 0 Å². The number of carbonyl (C=O) groups excluding carboxylic acids is 2. The first-order valence-electron chi connectivity index (χ1n) is 41.3. The quantitative estimate of drug-likeness (QED) is 0.0417. The van der Waals surface area contributed by atoms with E-state index in [9.17, 15) is 19.8 Å². The van der Waals surface area contributed by atoms with Crippen LogP contribution in [0.15, 0.2) is 0 Å². The van der Waals surface area contributed by atoms with E-state index in [4.69, 9.17) is 4.74 Å². The van der Waals surface area contributed by atoms with Gasteiger partial charge in [0.2, 0.25) is 5.91 Å². The van der Waals surface area contributed by atoms with Crippen molar-refractivity contribution >= 4 is 11.9 Å². The number of rotatable bonds is 79. The summed E-state index contributed by atoms with van der Waals surface area (Å²) in [4.78, 5) is 24.7. The Labute approximate surface area is 553 Å². The van der Waals surface area contributed by atoms with Crippen molar-refractivity contribution < 1.29 is 24.5 Å². The minimum Gasteiger partial charge on any atom is -0.466 e. The Hall–Kier alpha value is -1.14. The second kappa shape index (κ2) is 78.3. The van der Waals surface area contributed by atoms with E-state index >= 15 is 0 Å². The number of amides is 1. The summed E-state index contributed by atoms with van der Waals surface area (Å²) in [5.74, 6) is 0.00225. The lowest BCUT2D eigenvalue weighted by molar-refractivity contribution is -0.143. The van der Waals surface area contributed by atoms with Gasteiger partial charge in [-0.2, -0.15) is 0 Å². The van der Waals surface area contributed by atoms with Crippen LogP contribution in [-0.2, 0) is 14.3 Å². The number of nitrogens with one attached hydrogen (secondary N) is 1. The van der Waals surface area contributed by atoms with Crippen LogP contribution in [0.2, 0.25) is 0 Å². The van der Waals surface area contributed by atoms with Gasteiger partial charge in [0.25, 0.3) is 0 Å². The second-order valence-electron chi connectivity index (χ2n) is 28.8. The van der Waals surface area contributed by atoms with Crippen LogP contribution < -0.4 is 5.32 Å². The number of aliphatic hydroxyl groups is 2. The van der Waals surface area contributed by atoms with Crippen LogP contribution >= 0.6 is 0 Å². The summed E-state index contributed by atoms with van der Waals surface area (Å²) in [7, 11) is 0. The second-order valence-corrected chi connectivity index (χ2v) is 28.8. The molecule has 0 aliphatic heterocycles. The van der Waals surface area contributed by atoms with E-state index in [1.165, 1.54) is 417 Å². The molecule has 0 aliphatic carbocycles. The monoisotopic (exact) mass is 1240 g/mol. The molecule has 1 amide bonds. The normalized spacial score (nSPS) is 12.4. The van der Waals surface area contributed by atoms with Crippen LogP contribution in [0.3, 0.4) is 0 Å². The zero-order chi connectivity index (χ0) is 63.5. The molecule has 0 aromatic heterocycles. The fraction of sp³-hybridized carbons (Fsp3) is 0.976. The molecule has 0 heterocycles. The maximum Gasteiger partial charge on any atom is 0.305 e. The molecule has 0 fully saturated rings. The van der Waals surface area contributed by atoms with E-state index in [0.29, 0.717) is 25.9 Å². The van der Waals surface area contributed by atoms with E-state index < -0.39 is 12.1 Å². The van der Waals surface area contributed by atoms with Gasteiger partial charge in [-0.1, -0.05) is 450 Å². The summed E-state index contributed by atoms with van der Waals surface area (Å²) in [6.45, 7) is 5.02. The van der Waals surface area contributed by atoms with E-state index in [-0.39, 0.29) is 18.5 Å². The van der Waals surface area contributed by atoms with Crippen LogP contribution in [0.1, 0.15) is 489 Å². The van der Waals surface area contributed by atoms with Crippen LogP contribution in [0.5, 0.6) is 0 Å². The van der Waals surface area contributed by atoms with Gasteiger partial charge in [0, 0.05) is 12.8 Å². The zero-order valence-electron chi connectivity index (χ0n) is 60.5. The van der Waals surface area contributed by atoms with Gasteiger partial charge in [-0.15, -0.1) is 0 Å². The molecule has 2 unspecified atom stereocenters. The Balaban J connectivity index is 3.31. The zero-order valence-corrected chi connectivity index (χ0v) is 60.5. The van der Waals surface area contributed by atoms with E-state index in [1.54, 1.807) is 0 Å². The van der Waals surface area contributed by atoms with Crippen molar-refractivity contribution in [1.82, 2.24) is 5.32 Å². The molecule has 3 N–H and O–H groups in total. The third-order valence-corrected chi connectivity index (χ3v) is 19.9. The first-order valence-corrected chi connectivity index (χ1v) is 41.3. The summed E-state index contributed by atoms with van der Waals surface area (Å²) < 4.78 is 5.50. The number of esters is 1. The fourth-order valence-electron chi connectivity index (χ4n) is 13.6. The minimum absolute atomic E-state index is 0.0233. The van der Waals surface area contributed by atoms with Gasteiger partial charge >= 0.3 is 5.97 Å². The molecule has 526 valence electrons. The Morgan fingerprint density at radius 3 is 0.693 bits per heavy atom. The number of ether oxygens (including phenoxy) is 1. The van der Waals surface area contributed by atoms with Crippen LogP contribution in [0, 0.1) is 0 Å². The highest BCUT2D eigenvalue weighted by atomic mass is 16.5. The maximum absolute atomic E-state index is 12.6. The van der Waals surface area contributed by atoms with E-state index in [2.05, 4.69) is 19.2 Å². The summed E-state index contributed by atoms with van der Waals surface area (Å²) in [6.07, 6.45) is 97.8. The molecular weight excluding hydrogens is 1080 g/mol. The van der Waals surface area contributed by atoms with Crippen molar-refractivity contribution in [1.29, 1.82) is 0 Å². The average Bonchev–Trinajstić information content (AvgIpc) is 3.58. The Morgan fingerprint density at radius 1 is 0.273 bits per heavy atom. The Morgan fingerprint density at radius 2 is 0.466 bits per heavy atom. The molecule has 0 saturated carbocycles. The van der Waals surface area contributed by atoms with Crippen molar-refractivity contribution in [3.8, 4) is 0 Å². The molecule has 2 atom stereocenters. The molecule has 0 spiro atoms. The standard InChI is InChI=1S/C82H163NO5/c1-3-5-7-9-11-13-15-17-19-20-21-22-23-35-38-41-44-47-50-54-58-62-66-70-74-80(85)79(78-84)83-81(86)75-71-67-63-59-55-51-48-45-42-39-36-33-31-29-27-25-24-26-28-30-32-34-37-40-43-46-49-53-57-61-65-69-73-77-88-82(87)76-72-68-64-60-56-52-18-16-14-12-10-8-6-4-2/h79-80,84-85H,3-78H2,1-2H3,(H,83,86). The number of hydrogen-bond acceptors (Lipinski definition) is 5. The van der Waals surface area contributed by atoms with Crippen LogP contribution in [0.4, 0.5) is 0 Å². The number of carbonyl (C=O) groups is 2. The summed E-state index contributed by atoms with van der Waals surface area (Å²) >= 11 is 0. The molecule has 0 aliphatic rings. The van der Waals surface area contributed by atoms with Crippen molar-refractivity contribution in [2.75, 3.05) is 13.2 Å². The van der Waals surface area contributed by atoms with Crippen LogP contribution in [-0.4, -0.2) is 47.4 Å². The topological polar surface area (TPSA) is 95.9 Å². The molecular formula is C82H163NO5. The molecule has 6 nitrogen and oxygen atoms in total. The summed E-state index contributed by atoms with van der Waals surface area (Å²) in [5, 5.41) is 23.5. The average molecular weight is 1240 g/mol. The van der Waals surface area contributed by atoms with Gasteiger partial charge in [0.1, 0.15) is 0 Å². The number of aliphatic hydroxyl groups excluding tert-OH is 2. The van der Waals surface area contributed by atoms with Gasteiger partial charge in [-0.25, -0.2) is 0 Å². The molecule has 0 aromatic rings. The van der Waals surface area contributed by atoms with Crippen molar-refractivity contribution in [2.24, 2.45) is 0 Å². The number of hydrogen-bond donors (Lipinski definition) is 3. The Kier molecular flexibility index (Phi) is 77.3. The highest BCUT2D eigenvalue weighted by Gasteiger charge is 2.20. The summed E-state index contributed by atoms with van der Waals surface area (Å²) in [6, 6.07) is -0.538. The van der Waals surface area contributed by atoms with E-state index in [1.807, 2.05) is 0 Å². The lowest BCUT2D eigenvalue weighted by Gasteiger charge is -2.22. The van der Waals surface area contributed by atoms with Gasteiger partial charge in [0.05, 0.1) is 25.4 Å². The molecule has 88 heavy (non-hydrogen) atoms. The smallest absolute Gasteiger partial charge is 0.305 e. The molecule has 0 aromatic carbocycles. The lowest BCUT2D eigenvalue weighted by Crippen LogP contribution is -2.45. The number of unbranched alkanes of at least 4 members (excludes halogenated alkanes) is 68. The predicted octanol–water partition coefficient (Wildman–Crippen LogP) is 27.3. The predicted molar refractivity (Wildman–Crippen MR) is 389 cm³/mol. The third kappa shape index (κ3) is 73.9. The molecule has 0 bridgehead atoms. The lowest BCUT2D eigenvalue weighted by atomic mass is 10.0. The van der Waals surface area contributed by atoms with Gasteiger partial charge < -0.3 is 20.3 Å². The maximum atomic E-state index is 12.6. The minimum atomic E-state index is -0.661. The van der Waals surface area contributed by atoms with Gasteiger partial charge in [-0.05, 0) is 25.7 Å². The highest BCUT2D eigenvalue weighted by Crippen LogP contribution is 2.21. The fourth-order valence-corrected chi connectivity index (χ4v) is 13.6. The molecule has 0 saturated heterocycles. The summed E-state index contributed by atoms with van der Waals surface area (Å²) in [5.41, 5.74) is 0. The highest BCUT2D eigenvalue weighted by molar-refractivity contribution is 5.76. The molecule has 0 rings (SSSR count). The van der Waals surface area contributed by atoms with Crippen molar-refractivity contribution in [2.45, 2.75) is 501 Å². The third-order valence-electron chi connectivity index (χ3n) is 19.9.